The van der Waals surface area contributed by atoms with Crippen molar-refractivity contribution in [3.8, 4) is 0 Å². The maximum absolute atomic E-state index is 12.5. The van der Waals surface area contributed by atoms with Gasteiger partial charge >= 0.3 is 0 Å². The van der Waals surface area contributed by atoms with Crippen LogP contribution in [0, 0.1) is 0 Å². The van der Waals surface area contributed by atoms with Crippen molar-refractivity contribution in [2.24, 2.45) is 0 Å². The average Bonchev–Trinajstić information content (AvgIpc) is 2.47. The minimum atomic E-state index is -0.0572. The lowest BCUT2D eigenvalue weighted by molar-refractivity contribution is 0.0785. The molecule has 2 N–H and O–H groups in total. The molecule has 2 aromatic rings. The van der Waals surface area contributed by atoms with Crippen LogP contribution in [-0.2, 0) is 13.0 Å². The quantitative estimate of drug-likeness (QED) is 0.914. The van der Waals surface area contributed by atoms with Crippen LogP contribution in [0.2, 0.25) is 0 Å². The summed E-state index contributed by atoms with van der Waals surface area (Å²) in [7, 11) is 1.78. The lowest BCUT2D eigenvalue weighted by atomic mass is 10.1. The second kappa shape index (κ2) is 6.83. The molecular formula is C16H20N4O. The Balaban J connectivity index is 2.15. The Bertz CT molecular complexity index is 613. The maximum Gasteiger partial charge on any atom is 0.254 e. The molecule has 0 aliphatic carbocycles. The highest BCUT2D eigenvalue weighted by Crippen LogP contribution is 2.13. The molecule has 110 valence electrons. The Hall–Kier alpha value is -2.43. The van der Waals surface area contributed by atoms with E-state index in [1.54, 1.807) is 30.4 Å². The normalized spacial score (nSPS) is 10.4. The SMILES string of the molecule is CCCc1cc(C(=O)N(C)Cc2ccncc2)cc(N)n1. The smallest absolute Gasteiger partial charge is 0.254 e. The van der Waals surface area contributed by atoms with Crippen LogP contribution >= 0.6 is 0 Å². The Morgan fingerprint density at radius 2 is 2.00 bits per heavy atom. The van der Waals surface area contributed by atoms with Gasteiger partial charge in [0, 0.05) is 37.2 Å². The van der Waals surface area contributed by atoms with Crippen molar-refractivity contribution in [1.82, 2.24) is 14.9 Å². The number of carbonyl (C=O) groups is 1. The first-order chi connectivity index (χ1) is 10.1. The van der Waals surface area contributed by atoms with Crippen LogP contribution < -0.4 is 5.73 Å². The van der Waals surface area contributed by atoms with E-state index in [0.717, 1.165) is 24.1 Å². The first kappa shape index (κ1) is 15.0. The molecule has 5 nitrogen and oxygen atoms in total. The summed E-state index contributed by atoms with van der Waals surface area (Å²) in [5, 5.41) is 0. The van der Waals surface area contributed by atoms with E-state index < -0.39 is 0 Å². The number of anilines is 1. The molecule has 0 aromatic carbocycles. The van der Waals surface area contributed by atoms with Gasteiger partial charge in [-0.15, -0.1) is 0 Å². The van der Waals surface area contributed by atoms with Crippen LogP contribution in [-0.4, -0.2) is 27.8 Å². The summed E-state index contributed by atoms with van der Waals surface area (Å²) in [4.78, 5) is 22.4. The van der Waals surface area contributed by atoms with Crippen molar-refractivity contribution in [3.05, 3.63) is 53.5 Å². The minimum Gasteiger partial charge on any atom is -0.384 e. The number of aromatic nitrogens is 2. The Morgan fingerprint density at radius 1 is 1.29 bits per heavy atom. The summed E-state index contributed by atoms with van der Waals surface area (Å²) >= 11 is 0. The van der Waals surface area contributed by atoms with E-state index in [1.165, 1.54) is 0 Å². The zero-order valence-electron chi connectivity index (χ0n) is 12.4. The monoisotopic (exact) mass is 284 g/mol. The third-order valence-electron chi connectivity index (χ3n) is 3.17. The molecule has 0 radical (unpaired) electrons. The van der Waals surface area contributed by atoms with Gasteiger partial charge in [-0.3, -0.25) is 9.78 Å². The molecule has 0 saturated heterocycles. The predicted molar refractivity (Wildman–Crippen MR) is 82.7 cm³/mol. The molecule has 0 atom stereocenters. The summed E-state index contributed by atoms with van der Waals surface area (Å²) in [5.41, 5.74) is 8.27. The summed E-state index contributed by atoms with van der Waals surface area (Å²) in [6, 6.07) is 7.25. The highest BCUT2D eigenvalue weighted by Gasteiger charge is 2.14. The van der Waals surface area contributed by atoms with Crippen molar-refractivity contribution in [2.75, 3.05) is 12.8 Å². The summed E-state index contributed by atoms with van der Waals surface area (Å²) < 4.78 is 0. The number of carbonyl (C=O) groups excluding carboxylic acids is 1. The van der Waals surface area contributed by atoms with Gasteiger partial charge < -0.3 is 10.6 Å². The number of pyridine rings is 2. The van der Waals surface area contributed by atoms with Gasteiger partial charge in [0.15, 0.2) is 0 Å². The number of nitrogens with two attached hydrogens (primary N) is 1. The number of aryl methyl sites for hydroxylation is 1. The van der Waals surface area contributed by atoms with E-state index in [1.807, 2.05) is 18.2 Å². The van der Waals surface area contributed by atoms with Crippen molar-refractivity contribution < 1.29 is 4.79 Å². The molecule has 0 unspecified atom stereocenters. The third-order valence-corrected chi connectivity index (χ3v) is 3.17. The van der Waals surface area contributed by atoms with Gasteiger partial charge in [0.1, 0.15) is 5.82 Å². The fourth-order valence-electron chi connectivity index (χ4n) is 2.17. The van der Waals surface area contributed by atoms with E-state index in [2.05, 4.69) is 16.9 Å². The van der Waals surface area contributed by atoms with Crippen LogP contribution in [0.25, 0.3) is 0 Å². The van der Waals surface area contributed by atoms with Gasteiger partial charge in [0.2, 0.25) is 0 Å². The van der Waals surface area contributed by atoms with Crippen LogP contribution in [0.15, 0.2) is 36.7 Å². The van der Waals surface area contributed by atoms with E-state index >= 15 is 0 Å². The molecule has 0 bridgehead atoms. The van der Waals surface area contributed by atoms with Gasteiger partial charge in [-0.2, -0.15) is 0 Å². The highest BCUT2D eigenvalue weighted by molar-refractivity contribution is 5.94. The molecule has 0 aliphatic rings. The predicted octanol–water partition coefficient (Wildman–Crippen LogP) is 2.28. The lowest BCUT2D eigenvalue weighted by Crippen LogP contribution is -2.26. The summed E-state index contributed by atoms with van der Waals surface area (Å²) in [5.74, 6) is 0.333. The average molecular weight is 284 g/mol. The largest absolute Gasteiger partial charge is 0.384 e. The molecule has 2 heterocycles. The molecule has 21 heavy (non-hydrogen) atoms. The van der Waals surface area contributed by atoms with E-state index in [9.17, 15) is 4.79 Å². The van der Waals surface area contributed by atoms with Gasteiger partial charge in [-0.25, -0.2) is 4.98 Å². The van der Waals surface area contributed by atoms with Gasteiger partial charge in [-0.05, 0) is 36.2 Å². The van der Waals surface area contributed by atoms with Gasteiger partial charge in [-0.1, -0.05) is 13.3 Å². The fourth-order valence-corrected chi connectivity index (χ4v) is 2.17. The molecular weight excluding hydrogens is 264 g/mol. The van der Waals surface area contributed by atoms with Crippen LogP contribution in [0.3, 0.4) is 0 Å². The molecule has 0 aliphatic heterocycles. The zero-order valence-corrected chi connectivity index (χ0v) is 12.4. The molecule has 2 rings (SSSR count). The Labute approximate surface area is 124 Å². The second-order valence-electron chi connectivity index (χ2n) is 5.04. The standard InChI is InChI=1S/C16H20N4O/c1-3-4-14-9-13(10-15(17)19-14)16(21)20(2)11-12-5-7-18-8-6-12/h5-10H,3-4,11H2,1-2H3,(H2,17,19). The van der Waals surface area contributed by atoms with Crippen molar-refractivity contribution in [2.45, 2.75) is 26.3 Å². The Morgan fingerprint density at radius 3 is 2.67 bits per heavy atom. The van der Waals surface area contributed by atoms with Crippen LogP contribution in [0.1, 0.15) is 35.0 Å². The number of rotatable bonds is 5. The van der Waals surface area contributed by atoms with Crippen molar-refractivity contribution in [3.63, 3.8) is 0 Å². The molecule has 0 fully saturated rings. The van der Waals surface area contributed by atoms with Gasteiger partial charge in [0.25, 0.3) is 5.91 Å². The number of nitrogen functional groups attached to an aromatic ring is 1. The van der Waals surface area contributed by atoms with Gasteiger partial charge in [0.05, 0.1) is 0 Å². The lowest BCUT2D eigenvalue weighted by Gasteiger charge is -2.18. The molecule has 0 spiro atoms. The number of hydrogen-bond acceptors (Lipinski definition) is 4. The number of nitrogens with zero attached hydrogens (tertiary/aromatic N) is 3. The summed E-state index contributed by atoms with van der Waals surface area (Å²) in [6.45, 7) is 2.61. The summed E-state index contributed by atoms with van der Waals surface area (Å²) in [6.07, 6.45) is 5.23. The van der Waals surface area contributed by atoms with Crippen LogP contribution in [0.5, 0.6) is 0 Å². The zero-order chi connectivity index (χ0) is 15.2. The van der Waals surface area contributed by atoms with Crippen LogP contribution in [0.4, 0.5) is 5.82 Å². The topological polar surface area (TPSA) is 72.1 Å². The van der Waals surface area contributed by atoms with E-state index in [4.69, 9.17) is 5.73 Å². The molecule has 2 aromatic heterocycles. The minimum absolute atomic E-state index is 0.0572. The maximum atomic E-state index is 12.5. The molecule has 1 amide bonds. The first-order valence-electron chi connectivity index (χ1n) is 7.01. The van der Waals surface area contributed by atoms with Crippen molar-refractivity contribution in [1.29, 1.82) is 0 Å². The fraction of sp³-hybridized carbons (Fsp3) is 0.312. The highest BCUT2D eigenvalue weighted by atomic mass is 16.2. The first-order valence-corrected chi connectivity index (χ1v) is 7.01. The third kappa shape index (κ3) is 4.02. The molecule has 5 heteroatoms. The number of hydrogen-bond donors (Lipinski definition) is 1. The van der Waals surface area contributed by atoms with E-state index in [0.29, 0.717) is 17.9 Å². The van der Waals surface area contributed by atoms with E-state index in [-0.39, 0.29) is 5.91 Å². The Kier molecular flexibility index (Phi) is 4.87. The molecule has 0 saturated carbocycles. The second-order valence-corrected chi connectivity index (χ2v) is 5.04. The number of amides is 1. The van der Waals surface area contributed by atoms with Crippen molar-refractivity contribution >= 4 is 11.7 Å².